The molecule has 3 heteroatoms. The van der Waals surface area contributed by atoms with Gasteiger partial charge in [0.05, 0.1) is 5.69 Å². The zero-order chi connectivity index (χ0) is 24.8. The fourth-order valence-corrected chi connectivity index (χ4v) is 4.23. The largest absolute Gasteiger partial charge is 0.457 e. The molecule has 1 unspecified atom stereocenters. The SMILES string of the molecule is CCC(C)Cc1ccc(-c2cccc(Oc3cc(CC(C)C)c(F)cc3-c3ccccc3)c2)nc1. The van der Waals surface area contributed by atoms with Crippen molar-refractivity contribution in [3.8, 4) is 33.9 Å². The average molecular weight is 468 g/mol. The highest BCUT2D eigenvalue weighted by atomic mass is 19.1. The Kier molecular flexibility index (Phi) is 7.97. The molecule has 1 heterocycles. The topological polar surface area (TPSA) is 22.1 Å². The summed E-state index contributed by atoms with van der Waals surface area (Å²) in [5, 5.41) is 0. The molecule has 35 heavy (non-hydrogen) atoms. The summed E-state index contributed by atoms with van der Waals surface area (Å²) in [6.45, 7) is 8.67. The van der Waals surface area contributed by atoms with Gasteiger partial charge in [-0.25, -0.2) is 4.39 Å². The number of rotatable bonds is 9. The van der Waals surface area contributed by atoms with Gasteiger partial charge in [0.2, 0.25) is 0 Å². The predicted molar refractivity (Wildman–Crippen MR) is 143 cm³/mol. The summed E-state index contributed by atoms with van der Waals surface area (Å²) in [6, 6.07) is 25.4. The smallest absolute Gasteiger partial charge is 0.135 e. The van der Waals surface area contributed by atoms with Gasteiger partial charge in [0.25, 0.3) is 0 Å². The zero-order valence-electron chi connectivity index (χ0n) is 21.1. The van der Waals surface area contributed by atoms with Gasteiger partial charge < -0.3 is 4.74 Å². The molecule has 3 aromatic carbocycles. The van der Waals surface area contributed by atoms with E-state index in [-0.39, 0.29) is 5.82 Å². The van der Waals surface area contributed by atoms with Crippen LogP contribution in [0.4, 0.5) is 4.39 Å². The summed E-state index contributed by atoms with van der Waals surface area (Å²) in [5.41, 5.74) is 5.49. The third-order valence-electron chi connectivity index (χ3n) is 6.32. The van der Waals surface area contributed by atoms with Gasteiger partial charge in [-0.1, -0.05) is 82.6 Å². The summed E-state index contributed by atoms with van der Waals surface area (Å²) >= 11 is 0. The van der Waals surface area contributed by atoms with Crippen molar-refractivity contribution in [3.63, 3.8) is 0 Å². The van der Waals surface area contributed by atoms with Crippen LogP contribution in [0, 0.1) is 17.7 Å². The van der Waals surface area contributed by atoms with Gasteiger partial charge >= 0.3 is 0 Å². The molecule has 0 saturated carbocycles. The second-order valence-electron chi connectivity index (χ2n) is 9.80. The maximum atomic E-state index is 15.0. The molecule has 0 fully saturated rings. The number of ether oxygens (including phenoxy) is 1. The van der Waals surface area contributed by atoms with Gasteiger partial charge in [-0.05, 0) is 71.7 Å². The molecule has 0 aliphatic rings. The van der Waals surface area contributed by atoms with E-state index in [1.807, 2.05) is 66.9 Å². The Morgan fingerprint density at radius 3 is 2.29 bits per heavy atom. The minimum absolute atomic E-state index is 0.194. The second-order valence-corrected chi connectivity index (χ2v) is 9.80. The van der Waals surface area contributed by atoms with Crippen molar-refractivity contribution >= 4 is 0 Å². The Hall–Kier alpha value is -3.46. The van der Waals surface area contributed by atoms with Gasteiger partial charge in [-0.3, -0.25) is 4.98 Å². The van der Waals surface area contributed by atoms with E-state index >= 15 is 0 Å². The number of hydrogen-bond donors (Lipinski definition) is 0. The number of benzene rings is 3. The van der Waals surface area contributed by atoms with Crippen LogP contribution in [-0.2, 0) is 12.8 Å². The van der Waals surface area contributed by atoms with Crippen LogP contribution in [0.25, 0.3) is 22.4 Å². The first-order chi connectivity index (χ1) is 16.9. The highest BCUT2D eigenvalue weighted by molar-refractivity contribution is 5.72. The average Bonchev–Trinajstić information content (AvgIpc) is 2.86. The summed E-state index contributed by atoms with van der Waals surface area (Å²) in [4.78, 5) is 4.70. The van der Waals surface area contributed by atoms with E-state index in [1.54, 1.807) is 6.07 Å². The van der Waals surface area contributed by atoms with Crippen molar-refractivity contribution in [1.82, 2.24) is 4.98 Å². The van der Waals surface area contributed by atoms with Crippen LogP contribution in [0.2, 0.25) is 0 Å². The Morgan fingerprint density at radius 2 is 1.60 bits per heavy atom. The number of aromatic nitrogens is 1. The number of hydrogen-bond acceptors (Lipinski definition) is 2. The molecule has 180 valence electrons. The van der Waals surface area contributed by atoms with Crippen molar-refractivity contribution < 1.29 is 9.13 Å². The van der Waals surface area contributed by atoms with Crippen LogP contribution in [0.5, 0.6) is 11.5 Å². The minimum atomic E-state index is -0.194. The molecule has 0 saturated heterocycles. The Balaban J connectivity index is 1.65. The van der Waals surface area contributed by atoms with Gasteiger partial charge in [0.1, 0.15) is 17.3 Å². The first kappa shape index (κ1) is 24.7. The molecular weight excluding hydrogens is 433 g/mol. The maximum absolute atomic E-state index is 15.0. The summed E-state index contributed by atoms with van der Waals surface area (Å²) < 4.78 is 21.4. The van der Waals surface area contributed by atoms with E-state index in [4.69, 9.17) is 9.72 Å². The highest BCUT2D eigenvalue weighted by Crippen LogP contribution is 2.37. The molecule has 0 spiro atoms. The van der Waals surface area contributed by atoms with Gasteiger partial charge in [-0.15, -0.1) is 0 Å². The monoisotopic (exact) mass is 467 g/mol. The summed E-state index contributed by atoms with van der Waals surface area (Å²) in [7, 11) is 0. The van der Waals surface area contributed by atoms with Gasteiger partial charge in [-0.2, -0.15) is 0 Å². The van der Waals surface area contributed by atoms with E-state index in [9.17, 15) is 4.39 Å². The van der Waals surface area contributed by atoms with E-state index in [0.29, 0.717) is 35.3 Å². The highest BCUT2D eigenvalue weighted by Gasteiger charge is 2.15. The van der Waals surface area contributed by atoms with Crippen molar-refractivity contribution in [2.45, 2.75) is 47.0 Å². The number of pyridine rings is 1. The molecule has 4 rings (SSSR count). The fraction of sp³-hybridized carbons (Fsp3) is 0.281. The molecule has 0 amide bonds. The molecule has 0 aliphatic carbocycles. The third kappa shape index (κ3) is 6.36. The van der Waals surface area contributed by atoms with E-state index in [1.165, 1.54) is 5.56 Å². The van der Waals surface area contributed by atoms with E-state index in [0.717, 1.165) is 35.2 Å². The molecule has 0 radical (unpaired) electrons. The molecule has 0 N–H and O–H groups in total. The van der Waals surface area contributed by atoms with Crippen molar-refractivity contribution in [2.24, 2.45) is 11.8 Å². The third-order valence-corrected chi connectivity index (χ3v) is 6.32. The lowest BCUT2D eigenvalue weighted by atomic mass is 9.97. The van der Waals surface area contributed by atoms with Crippen LogP contribution < -0.4 is 4.74 Å². The van der Waals surface area contributed by atoms with Crippen molar-refractivity contribution in [3.05, 3.63) is 102 Å². The molecule has 2 nitrogen and oxygen atoms in total. The zero-order valence-corrected chi connectivity index (χ0v) is 21.1. The summed E-state index contributed by atoms with van der Waals surface area (Å²) in [5.74, 6) is 2.15. The second kappa shape index (κ2) is 11.3. The standard InChI is InChI=1S/C32H34FNO/c1-5-23(4)17-24-14-15-31(34-21-24)26-12-9-13-28(18-26)35-32-19-27(16-22(2)3)30(33)20-29(32)25-10-7-6-8-11-25/h6-15,18-23H,5,16-17H2,1-4H3. The normalized spacial score (nSPS) is 12.1. The molecule has 0 bridgehead atoms. The van der Waals surface area contributed by atoms with Crippen LogP contribution in [0.1, 0.15) is 45.2 Å². The minimum Gasteiger partial charge on any atom is -0.457 e. The van der Waals surface area contributed by atoms with Crippen molar-refractivity contribution in [2.75, 3.05) is 0 Å². The molecule has 4 aromatic rings. The lowest BCUT2D eigenvalue weighted by Gasteiger charge is -2.16. The van der Waals surface area contributed by atoms with E-state index in [2.05, 4.69) is 39.8 Å². The molecule has 1 aromatic heterocycles. The van der Waals surface area contributed by atoms with Gasteiger partial charge in [0, 0.05) is 17.3 Å². The first-order valence-corrected chi connectivity index (χ1v) is 12.5. The lowest BCUT2D eigenvalue weighted by molar-refractivity contribution is 0.479. The van der Waals surface area contributed by atoms with Crippen LogP contribution in [-0.4, -0.2) is 4.98 Å². The Morgan fingerprint density at radius 1 is 0.829 bits per heavy atom. The van der Waals surface area contributed by atoms with Gasteiger partial charge in [0.15, 0.2) is 0 Å². The fourth-order valence-electron chi connectivity index (χ4n) is 4.23. The predicted octanol–water partition coefficient (Wildman–Crippen LogP) is 9.13. The maximum Gasteiger partial charge on any atom is 0.135 e. The van der Waals surface area contributed by atoms with Crippen LogP contribution in [0.15, 0.2) is 85.1 Å². The lowest BCUT2D eigenvalue weighted by Crippen LogP contribution is -2.00. The van der Waals surface area contributed by atoms with Crippen LogP contribution in [0.3, 0.4) is 0 Å². The Labute approximate surface area is 208 Å². The quantitative estimate of drug-likeness (QED) is 0.245. The Bertz CT molecular complexity index is 1250. The first-order valence-electron chi connectivity index (χ1n) is 12.5. The summed E-state index contributed by atoms with van der Waals surface area (Å²) in [6.07, 6.45) is 4.83. The van der Waals surface area contributed by atoms with E-state index < -0.39 is 0 Å². The number of nitrogens with zero attached hydrogens (tertiary/aromatic N) is 1. The molecule has 1 atom stereocenters. The van der Waals surface area contributed by atoms with Crippen LogP contribution >= 0.6 is 0 Å². The number of halogens is 1. The molecular formula is C32H34FNO. The van der Waals surface area contributed by atoms with Crippen molar-refractivity contribution in [1.29, 1.82) is 0 Å². The molecule has 0 aliphatic heterocycles.